The van der Waals surface area contributed by atoms with Gasteiger partial charge in [0.05, 0.1) is 29.2 Å². The number of anilines is 1. The lowest BCUT2D eigenvalue weighted by atomic mass is 9.64. The summed E-state index contributed by atoms with van der Waals surface area (Å²) in [5.41, 5.74) is 6.97. The van der Waals surface area contributed by atoms with E-state index < -0.39 is 0 Å². The smallest absolute Gasteiger partial charge is 0.253 e. The number of nitrogens with two attached hydrogens (primary N) is 1. The van der Waals surface area contributed by atoms with Gasteiger partial charge in [0.15, 0.2) is 0 Å². The minimum atomic E-state index is -0.358. The quantitative estimate of drug-likeness (QED) is 0.725. The Morgan fingerprint density at radius 3 is 2.83 bits per heavy atom. The van der Waals surface area contributed by atoms with E-state index in [9.17, 15) is 9.90 Å². The van der Waals surface area contributed by atoms with Crippen LogP contribution in [0.2, 0.25) is 0 Å². The highest BCUT2D eigenvalue weighted by molar-refractivity contribution is 5.96. The van der Waals surface area contributed by atoms with E-state index in [1.807, 2.05) is 13.8 Å². The number of carbonyl (C=O) groups is 1. The summed E-state index contributed by atoms with van der Waals surface area (Å²) in [6.45, 7) is 5.66. The number of aliphatic hydroxyl groups excluding tert-OH is 1. The fourth-order valence-electron chi connectivity index (χ4n) is 2.16. The highest BCUT2D eigenvalue weighted by atomic mass is 16.3. The molecule has 2 rings (SSSR count). The molecule has 1 saturated carbocycles. The molecule has 1 amide bonds. The van der Waals surface area contributed by atoms with Crippen molar-refractivity contribution in [3.8, 4) is 0 Å². The Morgan fingerprint density at radius 1 is 1.61 bits per heavy atom. The van der Waals surface area contributed by atoms with Crippen LogP contribution in [0.15, 0.2) is 12.3 Å². The average Bonchev–Trinajstić information content (AvgIpc) is 2.31. The van der Waals surface area contributed by atoms with E-state index in [1.54, 1.807) is 13.0 Å². The maximum Gasteiger partial charge on any atom is 0.253 e. The molecule has 0 bridgehead atoms. The predicted molar refractivity (Wildman–Crippen MR) is 69.0 cm³/mol. The van der Waals surface area contributed by atoms with Crippen LogP contribution in [0.4, 0.5) is 5.69 Å². The second kappa shape index (κ2) is 4.24. The zero-order chi connectivity index (χ0) is 13.5. The van der Waals surface area contributed by atoms with E-state index in [4.69, 9.17) is 5.73 Å². The number of carbonyl (C=O) groups excluding carboxylic acids is 1. The van der Waals surface area contributed by atoms with Crippen LogP contribution in [-0.2, 0) is 0 Å². The maximum atomic E-state index is 12.1. The Morgan fingerprint density at radius 2 is 2.28 bits per heavy atom. The van der Waals surface area contributed by atoms with Gasteiger partial charge in [-0.2, -0.15) is 0 Å². The normalized spacial score (nSPS) is 25.3. The van der Waals surface area contributed by atoms with Crippen LogP contribution in [0, 0.1) is 12.3 Å². The Bertz CT molecular complexity index is 485. The van der Waals surface area contributed by atoms with Gasteiger partial charge in [0.2, 0.25) is 0 Å². The summed E-state index contributed by atoms with van der Waals surface area (Å²) in [6.07, 6.45) is 1.76. The van der Waals surface area contributed by atoms with Gasteiger partial charge in [0, 0.05) is 11.5 Å². The average molecular weight is 249 g/mol. The van der Waals surface area contributed by atoms with E-state index in [2.05, 4.69) is 10.3 Å². The Hall–Kier alpha value is -1.62. The molecule has 2 atom stereocenters. The third-order valence-corrected chi connectivity index (χ3v) is 3.87. The molecule has 0 aliphatic heterocycles. The molecule has 1 aliphatic carbocycles. The Kier molecular flexibility index (Phi) is 3.02. The van der Waals surface area contributed by atoms with E-state index in [0.29, 0.717) is 23.4 Å². The molecule has 4 N–H and O–H groups in total. The topological polar surface area (TPSA) is 88.2 Å². The molecule has 0 spiro atoms. The first-order valence-electron chi connectivity index (χ1n) is 6.03. The van der Waals surface area contributed by atoms with Crippen molar-refractivity contribution in [1.82, 2.24) is 10.3 Å². The zero-order valence-electron chi connectivity index (χ0n) is 10.9. The van der Waals surface area contributed by atoms with E-state index >= 15 is 0 Å². The minimum Gasteiger partial charge on any atom is -0.397 e. The van der Waals surface area contributed by atoms with E-state index in [-0.39, 0.29) is 23.5 Å². The number of nitrogen functional groups attached to an aromatic ring is 1. The predicted octanol–water partition coefficient (Wildman–Crippen LogP) is 0.861. The van der Waals surface area contributed by atoms with Crippen LogP contribution in [0.25, 0.3) is 0 Å². The molecule has 0 radical (unpaired) electrons. The summed E-state index contributed by atoms with van der Waals surface area (Å²) in [6, 6.07) is 1.61. The monoisotopic (exact) mass is 249 g/mol. The molecule has 5 heteroatoms. The third kappa shape index (κ3) is 2.06. The van der Waals surface area contributed by atoms with E-state index in [1.165, 1.54) is 6.20 Å². The summed E-state index contributed by atoms with van der Waals surface area (Å²) in [4.78, 5) is 16.2. The van der Waals surface area contributed by atoms with Crippen molar-refractivity contribution >= 4 is 11.6 Å². The molecule has 1 aliphatic rings. The summed E-state index contributed by atoms with van der Waals surface area (Å²) >= 11 is 0. The van der Waals surface area contributed by atoms with Gasteiger partial charge in [-0.3, -0.25) is 9.78 Å². The van der Waals surface area contributed by atoms with Crippen molar-refractivity contribution in [2.24, 2.45) is 5.41 Å². The molecule has 0 saturated heterocycles. The molecule has 1 heterocycles. The van der Waals surface area contributed by atoms with Gasteiger partial charge in [-0.1, -0.05) is 13.8 Å². The number of pyridine rings is 1. The SMILES string of the molecule is Cc1ncc(N)cc1C(=O)NC1CC(O)C1(C)C. The van der Waals surface area contributed by atoms with Crippen LogP contribution in [0.5, 0.6) is 0 Å². The lowest BCUT2D eigenvalue weighted by molar-refractivity contribution is -0.0689. The number of aryl methyl sites for hydroxylation is 1. The number of hydrogen-bond donors (Lipinski definition) is 3. The van der Waals surface area contributed by atoms with Gasteiger partial charge in [0.25, 0.3) is 5.91 Å². The number of rotatable bonds is 2. The van der Waals surface area contributed by atoms with Crippen molar-refractivity contribution in [3.05, 3.63) is 23.5 Å². The molecule has 1 aromatic heterocycles. The number of nitrogens with one attached hydrogen (secondary N) is 1. The lowest BCUT2D eigenvalue weighted by Crippen LogP contribution is -2.61. The summed E-state index contributed by atoms with van der Waals surface area (Å²) < 4.78 is 0. The summed E-state index contributed by atoms with van der Waals surface area (Å²) in [5, 5.41) is 12.6. The van der Waals surface area contributed by atoms with Crippen molar-refractivity contribution in [3.63, 3.8) is 0 Å². The highest BCUT2D eigenvalue weighted by Gasteiger charge is 2.48. The molecule has 0 aromatic carbocycles. The zero-order valence-corrected chi connectivity index (χ0v) is 10.9. The standard InChI is InChI=1S/C13H19N3O2/c1-7-9(4-8(14)6-15-7)12(18)16-10-5-11(17)13(10,2)3/h4,6,10-11,17H,5,14H2,1-3H3,(H,16,18). The highest BCUT2D eigenvalue weighted by Crippen LogP contribution is 2.40. The number of hydrogen-bond acceptors (Lipinski definition) is 4. The fourth-order valence-corrected chi connectivity index (χ4v) is 2.16. The number of aromatic nitrogens is 1. The molecule has 1 fully saturated rings. The molecule has 5 nitrogen and oxygen atoms in total. The lowest BCUT2D eigenvalue weighted by Gasteiger charge is -2.49. The second-order valence-electron chi connectivity index (χ2n) is 5.50. The molecule has 1 aromatic rings. The first-order chi connectivity index (χ1) is 8.32. The van der Waals surface area contributed by atoms with Gasteiger partial charge < -0.3 is 16.2 Å². The van der Waals surface area contributed by atoms with Crippen molar-refractivity contribution in [2.45, 2.75) is 39.3 Å². The second-order valence-corrected chi connectivity index (χ2v) is 5.50. The number of aliphatic hydroxyl groups is 1. The van der Waals surface area contributed by atoms with Gasteiger partial charge >= 0.3 is 0 Å². The Balaban J connectivity index is 2.12. The third-order valence-electron chi connectivity index (χ3n) is 3.87. The van der Waals surface area contributed by atoms with Gasteiger partial charge in [-0.25, -0.2) is 0 Å². The Labute approximate surface area is 106 Å². The maximum absolute atomic E-state index is 12.1. The molecule has 2 unspecified atom stereocenters. The molecular weight excluding hydrogens is 230 g/mol. The van der Waals surface area contributed by atoms with Crippen LogP contribution in [-0.4, -0.2) is 28.1 Å². The van der Waals surface area contributed by atoms with Crippen LogP contribution in [0.1, 0.15) is 36.3 Å². The van der Waals surface area contributed by atoms with E-state index in [0.717, 1.165) is 0 Å². The van der Waals surface area contributed by atoms with Gasteiger partial charge in [-0.15, -0.1) is 0 Å². The van der Waals surface area contributed by atoms with Crippen molar-refractivity contribution < 1.29 is 9.90 Å². The van der Waals surface area contributed by atoms with Crippen molar-refractivity contribution in [2.75, 3.05) is 5.73 Å². The van der Waals surface area contributed by atoms with Crippen LogP contribution >= 0.6 is 0 Å². The van der Waals surface area contributed by atoms with Crippen LogP contribution < -0.4 is 11.1 Å². The fraction of sp³-hybridized carbons (Fsp3) is 0.538. The number of amides is 1. The van der Waals surface area contributed by atoms with Gasteiger partial charge in [0.1, 0.15) is 0 Å². The first-order valence-corrected chi connectivity index (χ1v) is 6.03. The van der Waals surface area contributed by atoms with Crippen molar-refractivity contribution in [1.29, 1.82) is 0 Å². The number of nitrogens with zero attached hydrogens (tertiary/aromatic N) is 1. The minimum absolute atomic E-state index is 0.0131. The summed E-state index contributed by atoms with van der Waals surface area (Å²) in [5.74, 6) is -0.183. The van der Waals surface area contributed by atoms with Gasteiger partial charge in [-0.05, 0) is 19.4 Å². The molecule has 98 valence electrons. The first kappa shape index (κ1) is 12.8. The largest absolute Gasteiger partial charge is 0.397 e. The summed E-state index contributed by atoms with van der Waals surface area (Å²) in [7, 11) is 0. The molecule has 18 heavy (non-hydrogen) atoms. The molecular formula is C13H19N3O2. The van der Waals surface area contributed by atoms with Crippen LogP contribution in [0.3, 0.4) is 0 Å².